The Kier molecular flexibility index (Phi) is 8.09. The van der Waals surface area contributed by atoms with Gasteiger partial charge in [-0.15, -0.1) is 0 Å². The van der Waals surface area contributed by atoms with Crippen molar-refractivity contribution in [1.82, 2.24) is 15.1 Å². The third-order valence-electron chi connectivity index (χ3n) is 4.25. The molecule has 0 spiro atoms. The predicted octanol–water partition coefficient (Wildman–Crippen LogP) is 2.88. The topological polar surface area (TPSA) is 79.0 Å². The van der Waals surface area contributed by atoms with Crippen LogP contribution in [0.1, 0.15) is 44.0 Å². The monoisotopic (exact) mass is 501 g/mol. The Balaban J connectivity index is 1.81. The SMILES string of the molecule is CC(C)(C)OC(=O)NCCC(=O)N1CCCN(C(=O)c2ccccc2I)CC1. The van der Waals surface area contributed by atoms with Crippen LogP contribution in [-0.4, -0.2) is 66.0 Å². The first-order chi connectivity index (χ1) is 13.2. The molecule has 8 heteroatoms. The second kappa shape index (κ2) is 10.1. The number of benzene rings is 1. The zero-order valence-corrected chi connectivity index (χ0v) is 18.8. The molecule has 3 amide bonds. The Hall–Kier alpha value is -1.84. The molecule has 7 nitrogen and oxygen atoms in total. The van der Waals surface area contributed by atoms with Crippen LogP contribution in [-0.2, 0) is 9.53 Å². The summed E-state index contributed by atoms with van der Waals surface area (Å²) in [7, 11) is 0. The van der Waals surface area contributed by atoms with E-state index in [0.717, 1.165) is 9.99 Å². The summed E-state index contributed by atoms with van der Waals surface area (Å²) in [5, 5.41) is 2.61. The molecule has 1 aromatic rings. The minimum Gasteiger partial charge on any atom is -0.444 e. The van der Waals surface area contributed by atoms with Gasteiger partial charge < -0.3 is 19.9 Å². The van der Waals surface area contributed by atoms with Crippen molar-refractivity contribution in [3.05, 3.63) is 33.4 Å². The van der Waals surface area contributed by atoms with Crippen molar-refractivity contribution < 1.29 is 19.1 Å². The molecule has 28 heavy (non-hydrogen) atoms. The van der Waals surface area contributed by atoms with E-state index in [-0.39, 0.29) is 24.8 Å². The molecule has 1 fully saturated rings. The molecule has 1 aliphatic rings. The number of amides is 3. The lowest BCUT2D eigenvalue weighted by atomic mass is 10.2. The van der Waals surface area contributed by atoms with Crippen LogP contribution in [0.25, 0.3) is 0 Å². The van der Waals surface area contributed by atoms with Crippen LogP contribution in [0.2, 0.25) is 0 Å². The number of rotatable bonds is 4. The van der Waals surface area contributed by atoms with Crippen molar-refractivity contribution >= 4 is 40.5 Å². The lowest BCUT2D eigenvalue weighted by molar-refractivity contribution is -0.130. The molecule has 1 heterocycles. The average Bonchev–Trinajstić information content (AvgIpc) is 2.86. The van der Waals surface area contributed by atoms with Crippen LogP contribution in [0, 0.1) is 3.57 Å². The molecule has 0 aromatic heterocycles. The summed E-state index contributed by atoms with van der Waals surface area (Å²) in [4.78, 5) is 40.4. The van der Waals surface area contributed by atoms with Gasteiger partial charge in [-0.1, -0.05) is 12.1 Å². The quantitative estimate of drug-likeness (QED) is 0.644. The summed E-state index contributed by atoms with van der Waals surface area (Å²) < 4.78 is 6.08. The zero-order chi connectivity index (χ0) is 20.7. The number of carbonyl (C=O) groups excluding carboxylic acids is 3. The van der Waals surface area contributed by atoms with Gasteiger partial charge in [-0.25, -0.2) is 4.79 Å². The highest BCUT2D eigenvalue weighted by atomic mass is 127. The van der Waals surface area contributed by atoms with Crippen LogP contribution >= 0.6 is 22.6 Å². The van der Waals surface area contributed by atoms with Crippen molar-refractivity contribution in [2.75, 3.05) is 32.7 Å². The third-order valence-corrected chi connectivity index (χ3v) is 5.19. The fourth-order valence-electron chi connectivity index (χ4n) is 2.92. The number of alkyl carbamates (subject to hydrolysis) is 1. The van der Waals surface area contributed by atoms with E-state index in [4.69, 9.17) is 4.74 Å². The lowest BCUT2D eigenvalue weighted by Crippen LogP contribution is -2.39. The summed E-state index contributed by atoms with van der Waals surface area (Å²) >= 11 is 2.17. The molecule has 0 bridgehead atoms. The largest absolute Gasteiger partial charge is 0.444 e. The van der Waals surface area contributed by atoms with E-state index in [2.05, 4.69) is 27.9 Å². The highest BCUT2D eigenvalue weighted by Crippen LogP contribution is 2.16. The number of hydrogen-bond acceptors (Lipinski definition) is 4. The third kappa shape index (κ3) is 6.96. The minimum atomic E-state index is -0.564. The minimum absolute atomic E-state index is 0.00545. The predicted molar refractivity (Wildman–Crippen MR) is 115 cm³/mol. The number of carbonyl (C=O) groups is 3. The fraction of sp³-hybridized carbons (Fsp3) is 0.550. The maximum absolute atomic E-state index is 12.8. The van der Waals surface area contributed by atoms with Gasteiger partial charge in [0.05, 0.1) is 5.56 Å². The van der Waals surface area contributed by atoms with E-state index in [1.54, 1.807) is 25.7 Å². The number of nitrogens with one attached hydrogen (secondary N) is 1. The van der Waals surface area contributed by atoms with Crippen molar-refractivity contribution in [3.63, 3.8) is 0 Å². The van der Waals surface area contributed by atoms with Crippen molar-refractivity contribution in [2.24, 2.45) is 0 Å². The summed E-state index contributed by atoms with van der Waals surface area (Å²) in [5.41, 5.74) is 0.135. The van der Waals surface area contributed by atoms with Gasteiger partial charge in [0.1, 0.15) is 5.60 Å². The van der Waals surface area contributed by atoms with Gasteiger partial charge in [0.2, 0.25) is 5.91 Å². The molecular weight excluding hydrogens is 473 g/mol. The molecule has 154 valence electrons. The molecule has 1 N–H and O–H groups in total. The van der Waals surface area contributed by atoms with E-state index in [9.17, 15) is 14.4 Å². The van der Waals surface area contributed by atoms with Gasteiger partial charge in [-0.3, -0.25) is 9.59 Å². The first-order valence-electron chi connectivity index (χ1n) is 9.46. The Morgan fingerprint density at radius 3 is 2.39 bits per heavy atom. The van der Waals surface area contributed by atoms with Crippen LogP contribution in [0.3, 0.4) is 0 Å². The summed E-state index contributed by atoms with van der Waals surface area (Å²) in [6.45, 7) is 7.85. The van der Waals surface area contributed by atoms with E-state index < -0.39 is 11.7 Å². The second-order valence-electron chi connectivity index (χ2n) is 7.69. The first-order valence-corrected chi connectivity index (χ1v) is 10.5. The van der Waals surface area contributed by atoms with Crippen LogP contribution in [0.4, 0.5) is 4.79 Å². The van der Waals surface area contributed by atoms with Gasteiger partial charge in [0, 0.05) is 42.7 Å². The van der Waals surface area contributed by atoms with Crippen LogP contribution in [0.5, 0.6) is 0 Å². The highest BCUT2D eigenvalue weighted by Gasteiger charge is 2.24. The highest BCUT2D eigenvalue weighted by molar-refractivity contribution is 14.1. The Bertz CT molecular complexity index is 718. The average molecular weight is 501 g/mol. The molecule has 0 atom stereocenters. The van der Waals surface area contributed by atoms with E-state index in [1.165, 1.54) is 0 Å². The fourth-order valence-corrected chi connectivity index (χ4v) is 3.54. The summed E-state index contributed by atoms with van der Waals surface area (Å²) in [5.74, 6) is -0.0226. The molecule has 0 saturated carbocycles. The number of halogens is 1. The van der Waals surface area contributed by atoms with Gasteiger partial charge >= 0.3 is 6.09 Å². The van der Waals surface area contributed by atoms with E-state index >= 15 is 0 Å². The van der Waals surface area contributed by atoms with Gasteiger partial charge in [0.25, 0.3) is 5.91 Å². The van der Waals surface area contributed by atoms with Gasteiger partial charge in [-0.2, -0.15) is 0 Å². The summed E-state index contributed by atoms with van der Waals surface area (Å²) in [6.07, 6.45) is 0.426. The second-order valence-corrected chi connectivity index (χ2v) is 8.85. The lowest BCUT2D eigenvalue weighted by Gasteiger charge is -2.23. The first kappa shape index (κ1) is 22.4. The molecule has 1 aliphatic heterocycles. The Morgan fingerprint density at radius 2 is 1.71 bits per heavy atom. The number of hydrogen-bond donors (Lipinski definition) is 1. The molecule has 0 aliphatic carbocycles. The molecule has 1 aromatic carbocycles. The maximum atomic E-state index is 12.8. The molecule has 0 radical (unpaired) electrons. The van der Waals surface area contributed by atoms with Crippen molar-refractivity contribution in [3.8, 4) is 0 Å². The Morgan fingerprint density at radius 1 is 1.07 bits per heavy atom. The van der Waals surface area contributed by atoms with Crippen molar-refractivity contribution in [2.45, 2.75) is 39.2 Å². The van der Waals surface area contributed by atoms with Gasteiger partial charge in [0.15, 0.2) is 0 Å². The van der Waals surface area contributed by atoms with Gasteiger partial charge in [-0.05, 0) is 61.9 Å². The van der Waals surface area contributed by atoms with Crippen molar-refractivity contribution in [1.29, 1.82) is 0 Å². The van der Waals surface area contributed by atoms with E-state index in [1.807, 2.05) is 29.2 Å². The number of nitrogens with zero attached hydrogens (tertiary/aromatic N) is 2. The standard InChI is InChI=1S/C20H28IN3O4/c1-20(2,3)28-19(27)22-10-9-17(25)23-11-6-12-24(14-13-23)18(26)15-7-4-5-8-16(15)21/h4-5,7-8H,6,9-14H2,1-3H3,(H,22,27). The Labute approximate surface area is 179 Å². The smallest absolute Gasteiger partial charge is 0.407 e. The van der Waals surface area contributed by atoms with Crippen LogP contribution in [0.15, 0.2) is 24.3 Å². The normalized spacial score (nSPS) is 15.0. The molecule has 1 saturated heterocycles. The molecule has 2 rings (SSSR count). The zero-order valence-electron chi connectivity index (χ0n) is 16.7. The molecular formula is C20H28IN3O4. The maximum Gasteiger partial charge on any atom is 0.407 e. The van der Waals surface area contributed by atoms with Crippen LogP contribution < -0.4 is 5.32 Å². The summed E-state index contributed by atoms with van der Waals surface area (Å²) in [6, 6.07) is 7.52. The van der Waals surface area contributed by atoms with E-state index in [0.29, 0.717) is 31.7 Å². The molecule has 0 unspecified atom stereocenters. The number of ether oxygens (including phenoxy) is 1.